The van der Waals surface area contributed by atoms with Crippen LogP contribution in [-0.4, -0.2) is 0 Å². The van der Waals surface area contributed by atoms with Crippen LogP contribution in [0.25, 0.3) is 0 Å². The maximum Gasteiger partial charge on any atom is 0.147 e. The van der Waals surface area contributed by atoms with Gasteiger partial charge >= 0.3 is 0 Å². The van der Waals surface area contributed by atoms with Crippen molar-refractivity contribution < 1.29 is 6.16 Å². The third kappa shape index (κ3) is 3.79. The molecule has 0 amide bonds. The van der Waals surface area contributed by atoms with E-state index in [-0.39, 0.29) is 1.43 Å². The predicted octanol–water partition coefficient (Wildman–Crippen LogP) is 5.93. The monoisotopic (exact) mass is 290 g/mol. The van der Waals surface area contributed by atoms with Gasteiger partial charge in [-0.2, -0.15) is 5.11 Å². The van der Waals surface area contributed by atoms with E-state index in [0.717, 1.165) is 22.7 Å². The van der Waals surface area contributed by atoms with Crippen LogP contribution in [0.5, 0.6) is 5.75 Å². The molecule has 0 N–H and O–H groups in total. The highest BCUT2D eigenvalue weighted by Gasteiger charge is 2.02. The van der Waals surface area contributed by atoms with E-state index in [1.165, 1.54) is 0 Å². The van der Waals surface area contributed by atoms with Gasteiger partial charge in [-0.15, -0.1) is 5.11 Å². The van der Waals surface area contributed by atoms with Crippen molar-refractivity contribution in [1.82, 2.24) is 0 Å². The van der Waals surface area contributed by atoms with Crippen LogP contribution in [0.4, 0.5) is 11.4 Å². The van der Waals surface area contributed by atoms with E-state index < -0.39 is 0 Å². The molecule has 3 rings (SSSR count). The Labute approximate surface area is 131 Å². The third-order valence-corrected chi connectivity index (χ3v) is 3.13. The van der Waals surface area contributed by atoms with E-state index in [1.54, 1.807) is 0 Å². The number of para-hydroxylation sites is 1. The van der Waals surface area contributed by atoms with Crippen molar-refractivity contribution in [2.24, 2.45) is 10.2 Å². The summed E-state index contributed by atoms with van der Waals surface area (Å²) in [5, 5.41) is 8.53. The minimum Gasteiger partial charge on any atom is -0.487 e. The van der Waals surface area contributed by atoms with Crippen LogP contribution in [0, 0.1) is 0 Å². The van der Waals surface area contributed by atoms with Gasteiger partial charge in [-0.3, -0.25) is 0 Å². The molecule has 0 unspecified atom stereocenters. The van der Waals surface area contributed by atoms with Crippen molar-refractivity contribution in [2.45, 2.75) is 6.61 Å². The summed E-state index contributed by atoms with van der Waals surface area (Å²) in [6.07, 6.45) is 0. The molecule has 3 nitrogen and oxygen atoms in total. The van der Waals surface area contributed by atoms with Crippen molar-refractivity contribution in [3.8, 4) is 5.75 Å². The summed E-state index contributed by atoms with van der Waals surface area (Å²) in [7, 11) is 0. The SMILES string of the molecule is [HH].c1ccc(COc2ccccc2N=Nc2ccccc2)cc1. The van der Waals surface area contributed by atoms with E-state index >= 15 is 0 Å². The standard InChI is InChI=1S/C19H16N2O.H2/c1-3-9-16(10-4-1)15-22-19-14-8-7-13-18(19)21-20-17-11-5-2-6-12-17;/h1-14H,15H2;1H. The Balaban J connectivity index is 0.00000192. The number of hydrogen-bond donors (Lipinski definition) is 0. The Morgan fingerprint density at radius 1 is 0.682 bits per heavy atom. The number of benzene rings is 3. The molecule has 0 aliphatic carbocycles. The normalized spacial score (nSPS) is 10.7. The molecule has 0 fully saturated rings. The minimum atomic E-state index is 0. The van der Waals surface area contributed by atoms with Crippen molar-refractivity contribution in [1.29, 1.82) is 0 Å². The zero-order valence-corrected chi connectivity index (χ0v) is 12.1. The zero-order chi connectivity index (χ0) is 15.0. The molecule has 3 aromatic rings. The summed E-state index contributed by atoms with van der Waals surface area (Å²) >= 11 is 0. The van der Waals surface area contributed by atoms with Gasteiger partial charge in [0.2, 0.25) is 0 Å². The molecule has 22 heavy (non-hydrogen) atoms. The summed E-state index contributed by atoms with van der Waals surface area (Å²) in [5.74, 6) is 0.728. The van der Waals surface area contributed by atoms with Gasteiger partial charge < -0.3 is 4.74 Å². The highest BCUT2D eigenvalue weighted by atomic mass is 16.5. The van der Waals surface area contributed by atoms with Crippen molar-refractivity contribution >= 4 is 11.4 Å². The molecular formula is C19H18N2O. The van der Waals surface area contributed by atoms with Crippen LogP contribution < -0.4 is 4.74 Å². The number of nitrogens with zero attached hydrogens (tertiary/aromatic N) is 2. The largest absolute Gasteiger partial charge is 0.487 e. The fourth-order valence-corrected chi connectivity index (χ4v) is 2.00. The van der Waals surface area contributed by atoms with Crippen LogP contribution in [0.1, 0.15) is 6.99 Å². The molecule has 0 heterocycles. The first-order valence-electron chi connectivity index (χ1n) is 7.14. The molecule has 0 spiro atoms. The minimum absolute atomic E-state index is 0. The number of ether oxygens (including phenoxy) is 1. The van der Waals surface area contributed by atoms with Gasteiger partial charge in [-0.05, 0) is 29.8 Å². The smallest absolute Gasteiger partial charge is 0.147 e. The molecule has 3 heteroatoms. The summed E-state index contributed by atoms with van der Waals surface area (Å²) in [5.41, 5.74) is 2.67. The number of azo groups is 1. The van der Waals surface area contributed by atoms with Crippen molar-refractivity contribution in [2.75, 3.05) is 0 Å². The Bertz CT molecular complexity index is 746. The van der Waals surface area contributed by atoms with Gasteiger partial charge in [-0.25, -0.2) is 0 Å². The molecule has 0 saturated carbocycles. The first-order chi connectivity index (χ1) is 10.9. The highest BCUT2D eigenvalue weighted by molar-refractivity contribution is 5.51. The maximum atomic E-state index is 5.86. The van der Waals surface area contributed by atoms with E-state index in [9.17, 15) is 0 Å². The van der Waals surface area contributed by atoms with Crippen molar-refractivity contribution in [3.63, 3.8) is 0 Å². The lowest BCUT2D eigenvalue weighted by Gasteiger charge is -2.08. The molecule has 0 aromatic heterocycles. The van der Waals surface area contributed by atoms with Crippen LogP contribution in [-0.2, 0) is 6.61 Å². The fourth-order valence-electron chi connectivity index (χ4n) is 2.00. The second-order valence-electron chi connectivity index (χ2n) is 4.78. The summed E-state index contributed by atoms with van der Waals surface area (Å²) in [4.78, 5) is 0. The molecule has 3 aromatic carbocycles. The van der Waals surface area contributed by atoms with Gasteiger partial charge in [-0.1, -0.05) is 60.7 Å². The van der Waals surface area contributed by atoms with Gasteiger partial charge in [0.25, 0.3) is 0 Å². The quantitative estimate of drug-likeness (QED) is 0.536. The van der Waals surface area contributed by atoms with E-state index in [4.69, 9.17) is 4.74 Å². The first-order valence-corrected chi connectivity index (χ1v) is 7.14. The molecule has 0 aliphatic rings. The molecule has 0 atom stereocenters. The zero-order valence-electron chi connectivity index (χ0n) is 12.1. The molecule has 0 bridgehead atoms. The highest BCUT2D eigenvalue weighted by Crippen LogP contribution is 2.29. The lowest BCUT2D eigenvalue weighted by molar-refractivity contribution is 0.307. The molecule has 110 valence electrons. The average Bonchev–Trinajstić information content (AvgIpc) is 2.61. The first kappa shape index (κ1) is 14.0. The molecule has 0 saturated heterocycles. The summed E-state index contributed by atoms with van der Waals surface area (Å²) in [6.45, 7) is 0.513. The van der Waals surface area contributed by atoms with Gasteiger partial charge in [0, 0.05) is 1.43 Å². The Morgan fingerprint density at radius 2 is 1.32 bits per heavy atom. The van der Waals surface area contributed by atoms with Crippen LogP contribution >= 0.6 is 0 Å². The van der Waals surface area contributed by atoms with Gasteiger partial charge in [0.15, 0.2) is 0 Å². The Kier molecular flexibility index (Phi) is 4.57. The topological polar surface area (TPSA) is 34.0 Å². The molecule has 0 radical (unpaired) electrons. The van der Waals surface area contributed by atoms with Crippen LogP contribution in [0.15, 0.2) is 95.2 Å². The Hall–Kier alpha value is -2.94. The maximum absolute atomic E-state index is 5.86. The van der Waals surface area contributed by atoms with Gasteiger partial charge in [0.05, 0.1) is 5.69 Å². The predicted molar refractivity (Wildman–Crippen MR) is 89.9 cm³/mol. The van der Waals surface area contributed by atoms with Crippen LogP contribution in [0.2, 0.25) is 0 Å². The van der Waals surface area contributed by atoms with Gasteiger partial charge in [0.1, 0.15) is 18.0 Å². The van der Waals surface area contributed by atoms with E-state index in [1.807, 2.05) is 84.9 Å². The lowest BCUT2D eigenvalue weighted by Crippen LogP contribution is -1.94. The second kappa shape index (κ2) is 7.18. The number of rotatable bonds is 5. The summed E-state index contributed by atoms with van der Waals surface area (Å²) in [6, 6.07) is 27.4. The van der Waals surface area contributed by atoms with E-state index in [2.05, 4.69) is 10.2 Å². The second-order valence-corrected chi connectivity index (χ2v) is 4.78. The third-order valence-electron chi connectivity index (χ3n) is 3.13. The van der Waals surface area contributed by atoms with E-state index in [0.29, 0.717) is 6.61 Å². The Morgan fingerprint density at radius 3 is 2.09 bits per heavy atom. The summed E-state index contributed by atoms with van der Waals surface area (Å²) < 4.78 is 5.86. The average molecular weight is 290 g/mol. The molecule has 0 aliphatic heterocycles. The fraction of sp³-hybridized carbons (Fsp3) is 0.0526. The molecular weight excluding hydrogens is 272 g/mol. The van der Waals surface area contributed by atoms with Crippen molar-refractivity contribution in [3.05, 3.63) is 90.5 Å². The number of hydrogen-bond acceptors (Lipinski definition) is 3. The lowest BCUT2D eigenvalue weighted by atomic mass is 10.2. The van der Waals surface area contributed by atoms with Crippen LogP contribution in [0.3, 0.4) is 0 Å².